The summed E-state index contributed by atoms with van der Waals surface area (Å²) in [5.41, 5.74) is 0.601. The normalized spacial score (nSPS) is 14.0. The minimum absolute atomic E-state index is 0.000215. The molecule has 4 amide bonds. The highest BCUT2D eigenvalue weighted by Crippen LogP contribution is 2.31. The number of ether oxygens (including phenoxy) is 3. The minimum atomic E-state index is -3.04. The van der Waals surface area contributed by atoms with Crippen LogP contribution in [0.2, 0.25) is 0 Å². The highest BCUT2D eigenvalue weighted by atomic mass is 19.3. The number of hydrogen-bond donors (Lipinski definition) is 0. The number of benzene rings is 2. The van der Waals surface area contributed by atoms with Gasteiger partial charge in [-0.2, -0.15) is 8.78 Å². The van der Waals surface area contributed by atoms with E-state index in [1.807, 2.05) is 0 Å². The van der Waals surface area contributed by atoms with Gasteiger partial charge < -0.3 is 14.2 Å². The Morgan fingerprint density at radius 2 is 1.59 bits per heavy atom. The maximum absolute atomic E-state index is 12.7. The highest BCUT2D eigenvalue weighted by molar-refractivity contribution is 6.52. The van der Waals surface area contributed by atoms with Crippen molar-refractivity contribution in [3.05, 3.63) is 48.0 Å². The van der Waals surface area contributed by atoms with E-state index in [0.717, 1.165) is 9.80 Å². The number of amides is 4. The third kappa shape index (κ3) is 3.96. The van der Waals surface area contributed by atoms with Crippen LogP contribution >= 0.6 is 0 Å². The summed E-state index contributed by atoms with van der Waals surface area (Å²) in [6, 6.07) is 9.20. The number of carbonyl (C=O) groups is 3. The summed E-state index contributed by atoms with van der Waals surface area (Å²) >= 11 is 0. The molecule has 10 heteroatoms. The summed E-state index contributed by atoms with van der Waals surface area (Å²) in [5.74, 6) is -1.67. The molecule has 1 aliphatic rings. The molecule has 2 aromatic rings. The first kappa shape index (κ1) is 20.1. The van der Waals surface area contributed by atoms with Crippen molar-refractivity contribution in [1.29, 1.82) is 0 Å². The Bertz CT molecular complexity index is 948. The standard InChI is InChI=1S/C19H16F2N2O6/c1-27-13-6-4-12(5-7-13)23-17(25)16(24)22(19(23)26)10-11-3-8-14(29-18(20)21)15(9-11)28-2/h3-9,18H,10H2,1-2H3. The van der Waals surface area contributed by atoms with E-state index in [1.165, 1.54) is 44.6 Å². The smallest absolute Gasteiger partial charge is 0.387 e. The predicted octanol–water partition coefficient (Wildman–Crippen LogP) is 2.80. The predicted molar refractivity (Wildman–Crippen MR) is 96.1 cm³/mol. The minimum Gasteiger partial charge on any atom is -0.497 e. The van der Waals surface area contributed by atoms with E-state index in [-0.39, 0.29) is 23.7 Å². The molecule has 1 saturated heterocycles. The molecule has 0 saturated carbocycles. The number of rotatable bonds is 7. The van der Waals surface area contributed by atoms with Gasteiger partial charge in [0, 0.05) is 0 Å². The van der Waals surface area contributed by atoms with E-state index in [1.54, 1.807) is 12.1 Å². The van der Waals surface area contributed by atoms with Crippen molar-refractivity contribution in [2.75, 3.05) is 19.1 Å². The number of anilines is 1. The fourth-order valence-corrected chi connectivity index (χ4v) is 2.79. The molecule has 29 heavy (non-hydrogen) atoms. The van der Waals surface area contributed by atoms with Gasteiger partial charge in [0.1, 0.15) is 5.75 Å². The van der Waals surface area contributed by atoms with E-state index < -0.39 is 24.5 Å². The lowest BCUT2D eigenvalue weighted by molar-refractivity contribution is -0.139. The van der Waals surface area contributed by atoms with E-state index in [4.69, 9.17) is 9.47 Å². The lowest BCUT2D eigenvalue weighted by Gasteiger charge is -2.17. The number of halogens is 2. The molecule has 1 fully saturated rings. The van der Waals surface area contributed by atoms with Crippen LogP contribution in [-0.2, 0) is 16.1 Å². The van der Waals surface area contributed by atoms with Crippen LogP contribution in [0.3, 0.4) is 0 Å². The van der Waals surface area contributed by atoms with Crippen molar-refractivity contribution in [3.63, 3.8) is 0 Å². The Hall–Kier alpha value is -3.69. The summed E-state index contributed by atoms with van der Waals surface area (Å²) in [6.07, 6.45) is 0. The van der Waals surface area contributed by atoms with Gasteiger partial charge in [-0.15, -0.1) is 0 Å². The third-order valence-electron chi connectivity index (χ3n) is 4.17. The molecule has 0 radical (unpaired) electrons. The number of urea groups is 1. The number of alkyl halides is 2. The Labute approximate surface area is 164 Å². The second-order valence-corrected chi connectivity index (χ2v) is 5.88. The second-order valence-electron chi connectivity index (χ2n) is 5.88. The number of carbonyl (C=O) groups excluding carboxylic acids is 3. The van der Waals surface area contributed by atoms with Gasteiger partial charge >= 0.3 is 24.5 Å². The first-order valence-electron chi connectivity index (χ1n) is 8.31. The van der Waals surface area contributed by atoms with Crippen molar-refractivity contribution in [3.8, 4) is 17.2 Å². The SMILES string of the molecule is COc1ccc(N2C(=O)C(=O)N(Cc3ccc(OC(F)F)c(OC)c3)C2=O)cc1. The third-order valence-corrected chi connectivity index (χ3v) is 4.17. The lowest BCUT2D eigenvalue weighted by Crippen LogP contribution is -2.33. The molecule has 0 aliphatic carbocycles. The summed E-state index contributed by atoms with van der Waals surface area (Å²) in [4.78, 5) is 38.8. The molecule has 0 aromatic heterocycles. The molecule has 0 N–H and O–H groups in total. The maximum Gasteiger partial charge on any atom is 0.387 e. The zero-order valence-electron chi connectivity index (χ0n) is 15.4. The zero-order chi connectivity index (χ0) is 21.1. The molecular weight excluding hydrogens is 390 g/mol. The van der Waals surface area contributed by atoms with Gasteiger partial charge in [0.2, 0.25) is 0 Å². The van der Waals surface area contributed by atoms with Crippen LogP contribution in [0.5, 0.6) is 17.2 Å². The van der Waals surface area contributed by atoms with Crippen LogP contribution in [-0.4, -0.2) is 43.6 Å². The van der Waals surface area contributed by atoms with Gasteiger partial charge in [0.25, 0.3) is 0 Å². The van der Waals surface area contributed by atoms with Crippen molar-refractivity contribution in [2.45, 2.75) is 13.2 Å². The molecule has 1 aliphatic heterocycles. The molecule has 0 unspecified atom stereocenters. The monoisotopic (exact) mass is 406 g/mol. The van der Waals surface area contributed by atoms with Gasteiger partial charge in [0.15, 0.2) is 11.5 Å². The average molecular weight is 406 g/mol. The number of methoxy groups -OCH3 is 2. The first-order valence-corrected chi connectivity index (χ1v) is 8.31. The molecule has 0 atom stereocenters. The van der Waals surface area contributed by atoms with Crippen LogP contribution < -0.4 is 19.1 Å². The van der Waals surface area contributed by atoms with Gasteiger partial charge in [-0.25, -0.2) is 9.69 Å². The Morgan fingerprint density at radius 1 is 0.897 bits per heavy atom. The molecule has 0 bridgehead atoms. The quantitative estimate of drug-likeness (QED) is 0.519. The molecule has 2 aromatic carbocycles. The first-order chi connectivity index (χ1) is 13.8. The van der Waals surface area contributed by atoms with Crippen LogP contribution in [0.4, 0.5) is 19.3 Å². The Morgan fingerprint density at radius 3 is 2.17 bits per heavy atom. The van der Waals surface area contributed by atoms with Crippen LogP contribution in [0.1, 0.15) is 5.56 Å². The molecular formula is C19H16F2N2O6. The summed E-state index contributed by atoms with van der Waals surface area (Å²) < 4.78 is 39.2. The van der Waals surface area contributed by atoms with Crippen LogP contribution in [0, 0.1) is 0 Å². The van der Waals surface area contributed by atoms with Crippen LogP contribution in [0.25, 0.3) is 0 Å². The maximum atomic E-state index is 12.7. The van der Waals surface area contributed by atoms with E-state index in [0.29, 0.717) is 11.3 Å². The molecule has 152 valence electrons. The second kappa shape index (κ2) is 8.13. The van der Waals surface area contributed by atoms with E-state index >= 15 is 0 Å². The molecule has 0 spiro atoms. The van der Waals surface area contributed by atoms with Crippen molar-refractivity contribution >= 4 is 23.5 Å². The van der Waals surface area contributed by atoms with E-state index in [9.17, 15) is 23.2 Å². The number of hydrogen-bond acceptors (Lipinski definition) is 6. The van der Waals surface area contributed by atoms with E-state index in [2.05, 4.69) is 4.74 Å². The molecule has 3 rings (SSSR count). The molecule has 1 heterocycles. The Kier molecular flexibility index (Phi) is 5.62. The van der Waals surface area contributed by atoms with Crippen LogP contribution in [0.15, 0.2) is 42.5 Å². The zero-order valence-corrected chi connectivity index (χ0v) is 15.4. The summed E-state index contributed by atoms with van der Waals surface area (Å²) in [5, 5.41) is 0. The molecule has 8 nitrogen and oxygen atoms in total. The number of nitrogens with zero attached hydrogens (tertiary/aromatic N) is 2. The van der Waals surface area contributed by atoms with Crippen molar-refractivity contribution < 1.29 is 37.4 Å². The van der Waals surface area contributed by atoms with Crippen molar-refractivity contribution in [1.82, 2.24) is 4.90 Å². The Balaban J connectivity index is 1.83. The van der Waals surface area contributed by atoms with Gasteiger partial charge in [-0.3, -0.25) is 14.5 Å². The highest BCUT2D eigenvalue weighted by Gasteiger charge is 2.45. The summed E-state index contributed by atoms with van der Waals surface area (Å²) in [7, 11) is 2.73. The van der Waals surface area contributed by atoms with Gasteiger partial charge in [0.05, 0.1) is 26.5 Å². The fourth-order valence-electron chi connectivity index (χ4n) is 2.79. The van der Waals surface area contributed by atoms with Crippen molar-refractivity contribution in [2.24, 2.45) is 0 Å². The van der Waals surface area contributed by atoms with Gasteiger partial charge in [-0.05, 0) is 42.0 Å². The topological polar surface area (TPSA) is 85.4 Å². The average Bonchev–Trinajstić information content (AvgIpc) is 2.92. The lowest BCUT2D eigenvalue weighted by atomic mass is 10.2. The fraction of sp³-hybridized carbons (Fsp3) is 0.211. The largest absolute Gasteiger partial charge is 0.497 e. The number of imide groups is 2. The van der Waals surface area contributed by atoms with Gasteiger partial charge in [-0.1, -0.05) is 6.07 Å². The summed E-state index contributed by atoms with van der Waals surface area (Å²) in [6.45, 7) is -3.28.